The number of hydrogen-bond acceptors (Lipinski definition) is 5. The maximum absolute atomic E-state index is 5.61. The first kappa shape index (κ1) is 21.6. The molecule has 6 nitrogen and oxygen atoms in total. The molecule has 0 fully saturated rings. The summed E-state index contributed by atoms with van der Waals surface area (Å²) in [6.07, 6.45) is 3.43. The zero-order valence-corrected chi connectivity index (χ0v) is 18.0. The molecule has 0 aliphatic heterocycles. The third-order valence-corrected chi connectivity index (χ3v) is 4.03. The molecule has 2 heterocycles. The predicted octanol–water partition coefficient (Wildman–Crippen LogP) is 3.41. The first-order valence-corrected chi connectivity index (χ1v) is 9.06. The highest BCUT2D eigenvalue weighted by molar-refractivity contribution is 14.0. The van der Waals surface area contributed by atoms with E-state index in [4.69, 9.17) is 4.74 Å². The summed E-state index contributed by atoms with van der Waals surface area (Å²) in [5, 5.41) is 9.63. The van der Waals surface area contributed by atoms with Crippen molar-refractivity contribution in [3.05, 3.63) is 40.6 Å². The van der Waals surface area contributed by atoms with E-state index in [1.165, 1.54) is 0 Å². The van der Waals surface area contributed by atoms with Gasteiger partial charge >= 0.3 is 0 Å². The first-order chi connectivity index (χ1) is 11.7. The Balaban J connectivity index is 0.00000312. The normalized spacial score (nSPS) is 11.1. The zero-order valence-electron chi connectivity index (χ0n) is 14.9. The smallest absolute Gasteiger partial charge is 0.191 e. The van der Waals surface area contributed by atoms with Crippen molar-refractivity contribution < 1.29 is 4.74 Å². The summed E-state index contributed by atoms with van der Waals surface area (Å²) in [6, 6.07) is 3.74. The molecule has 2 rings (SSSR count). The Hall–Kier alpha value is -1.42. The van der Waals surface area contributed by atoms with Gasteiger partial charge in [-0.2, -0.15) is 0 Å². The molecule has 2 N–H and O–H groups in total. The Bertz CT molecular complexity index is 633. The maximum Gasteiger partial charge on any atom is 0.191 e. The highest BCUT2D eigenvalue weighted by Crippen LogP contribution is 2.18. The molecule has 0 amide bonds. The predicted molar refractivity (Wildman–Crippen MR) is 114 cm³/mol. The van der Waals surface area contributed by atoms with Crippen LogP contribution >= 0.6 is 35.3 Å². The topological polar surface area (TPSA) is 71.4 Å². The Morgan fingerprint density at radius 3 is 2.84 bits per heavy atom. The second kappa shape index (κ2) is 12.0. The Morgan fingerprint density at radius 2 is 2.20 bits per heavy atom. The van der Waals surface area contributed by atoms with Gasteiger partial charge in [-0.1, -0.05) is 13.8 Å². The SMILES string of the molecule is CCNC(=NCc1nc(C(C)C)cs1)NCCOc1cccnc1.I. The summed E-state index contributed by atoms with van der Waals surface area (Å²) in [4.78, 5) is 13.2. The van der Waals surface area contributed by atoms with Gasteiger partial charge in [-0.05, 0) is 25.0 Å². The number of thiazole rings is 1. The molecule has 0 aromatic carbocycles. The molecule has 0 bridgehead atoms. The van der Waals surface area contributed by atoms with Gasteiger partial charge in [-0.15, -0.1) is 35.3 Å². The van der Waals surface area contributed by atoms with Crippen molar-refractivity contribution in [3.8, 4) is 5.75 Å². The standard InChI is InChI=1S/C17H25N5OS.HI/c1-4-19-17(20-8-9-23-14-6-5-7-18-10-14)21-11-16-22-15(12-24-16)13(2)3;/h5-7,10,12-13H,4,8-9,11H2,1-3H3,(H2,19,20,21);1H. The van der Waals surface area contributed by atoms with Gasteiger partial charge in [0.25, 0.3) is 0 Å². The quantitative estimate of drug-likeness (QED) is 0.265. The second-order valence-corrected chi connectivity index (χ2v) is 6.42. The highest BCUT2D eigenvalue weighted by atomic mass is 127. The molecule has 0 unspecified atom stereocenters. The molecule has 8 heteroatoms. The van der Waals surface area contributed by atoms with Crippen LogP contribution in [0.5, 0.6) is 5.75 Å². The summed E-state index contributed by atoms with van der Waals surface area (Å²) in [5.74, 6) is 1.99. The number of nitrogens with zero attached hydrogens (tertiary/aromatic N) is 3. The number of aliphatic imine (C=N–C) groups is 1. The molecule has 0 radical (unpaired) electrons. The molecule has 0 saturated carbocycles. The molecular weight excluding hydrogens is 449 g/mol. The lowest BCUT2D eigenvalue weighted by Gasteiger charge is -2.11. The second-order valence-electron chi connectivity index (χ2n) is 5.48. The minimum atomic E-state index is 0. The van der Waals surface area contributed by atoms with Crippen LogP contribution in [0.2, 0.25) is 0 Å². The molecular formula is C17H26IN5OS. The number of halogens is 1. The van der Waals surface area contributed by atoms with Gasteiger partial charge in [-0.25, -0.2) is 9.98 Å². The molecule has 25 heavy (non-hydrogen) atoms. The van der Waals surface area contributed by atoms with E-state index in [2.05, 4.69) is 44.8 Å². The molecule has 2 aromatic heterocycles. The molecule has 0 aliphatic rings. The van der Waals surface area contributed by atoms with Crippen LogP contribution in [0.25, 0.3) is 0 Å². The van der Waals surface area contributed by atoms with Crippen LogP contribution in [-0.2, 0) is 6.54 Å². The van der Waals surface area contributed by atoms with E-state index in [-0.39, 0.29) is 24.0 Å². The summed E-state index contributed by atoms with van der Waals surface area (Å²) in [7, 11) is 0. The Kier molecular flexibility index (Phi) is 10.4. The minimum Gasteiger partial charge on any atom is -0.490 e. The van der Waals surface area contributed by atoms with Gasteiger partial charge in [0.15, 0.2) is 5.96 Å². The summed E-state index contributed by atoms with van der Waals surface area (Å²) in [5.41, 5.74) is 1.13. The summed E-state index contributed by atoms with van der Waals surface area (Å²) in [6.45, 7) is 8.94. The minimum absolute atomic E-state index is 0. The van der Waals surface area contributed by atoms with E-state index in [1.807, 2.05) is 19.1 Å². The lowest BCUT2D eigenvalue weighted by atomic mass is 10.2. The number of aromatic nitrogens is 2. The van der Waals surface area contributed by atoms with E-state index in [0.717, 1.165) is 29.0 Å². The number of hydrogen-bond donors (Lipinski definition) is 2. The van der Waals surface area contributed by atoms with Gasteiger partial charge in [0.1, 0.15) is 17.4 Å². The van der Waals surface area contributed by atoms with Gasteiger partial charge in [0.2, 0.25) is 0 Å². The Morgan fingerprint density at radius 1 is 1.36 bits per heavy atom. The van der Waals surface area contributed by atoms with Crippen molar-refractivity contribution in [1.82, 2.24) is 20.6 Å². The molecule has 0 spiro atoms. The van der Waals surface area contributed by atoms with Crippen molar-refractivity contribution in [1.29, 1.82) is 0 Å². The van der Waals surface area contributed by atoms with E-state index in [1.54, 1.807) is 23.7 Å². The monoisotopic (exact) mass is 475 g/mol. The number of guanidine groups is 1. The van der Waals surface area contributed by atoms with Crippen LogP contribution in [0.3, 0.4) is 0 Å². The van der Waals surface area contributed by atoms with Crippen molar-refractivity contribution in [2.45, 2.75) is 33.2 Å². The number of ether oxygens (including phenoxy) is 1. The third-order valence-electron chi connectivity index (χ3n) is 3.18. The van der Waals surface area contributed by atoms with Gasteiger partial charge in [0, 0.05) is 18.1 Å². The van der Waals surface area contributed by atoms with Crippen LogP contribution in [0, 0.1) is 0 Å². The van der Waals surface area contributed by atoms with Gasteiger partial charge in [-0.3, -0.25) is 4.98 Å². The van der Waals surface area contributed by atoms with Crippen LogP contribution in [0.15, 0.2) is 34.9 Å². The molecule has 138 valence electrons. The van der Waals surface area contributed by atoms with E-state index >= 15 is 0 Å². The molecule has 0 aliphatic carbocycles. The van der Waals surface area contributed by atoms with Crippen LogP contribution < -0.4 is 15.4 Å². The lowest BCUT2D eigenvalue weighted by Crippen LogP contribution is -2.39. The highest BCUT2D eigenvalue weighted by Gasteiger charge is 2.05. The van der Waals surface area contributed by atoms with E-state index < -0.39 is 0 Å². The van der Waals surface area contributed by atoms with E-state index in [9.17, 15) is 0 Å². The lowest BCUT2D eigenvalue weighted by molar-refractivity contribution is 0.320. The zero-order chi connectivity index (χ0) is 17.2. The Labute approximate surface area is 170 Å². The maximum atomic E-state index is 5.61. The average Bonchev–Trinajstić information content (AvgIpc) is 3.06. The molecule has 0 saturated heterocycles. The number of pyridine rings is 1. The fourth-order valence-corrected chi connectivity index (χ4v) is 2.80. The largest absolute Gasteiger partial charge is 0.490 e. The van der Waals surface area contributed by atoms with Crippen molar-refractivity contribution in [2.24, 2.45) is 4.99 Å². The van der Waals surface area contributed by atoms with E-state index in [0.29, 0.717) is 25.6 Å². The first-order valence-electron chi connectivity index (χ1n) is 8.18. The van der Waals surface area contributed by atoms with Crippen molar-refractivity contribution in [3.63, 3.8) is 0 Å². The fourth-order valence-electron chi connectivity index (χ4n) is 1.92. The molecule has 0 atom stereocenters. The van der Waals surface area contributed by atoms with Crippen LogP contribution in [-0.4, -0.2) is 35.6 Å². The summed E-state index contributed by atoms with van der Waals surface area (Å²) >= 11 is 1.66. The van der Waals surface area contributed by atoms with Crippen molar-refractivity contribution >= 4 is 41.3 Å². The fraction of sp³-hybridized carbons (Fsp3) is 0.471. The molecule has 2 aromatic rings. The summed E-state index contributed by atoms with van der Waals surface area (Å²) < 4.78 is 5.61. The van der Waals surface area contributed by atoms with Crippen molar-refractivity contribution in [2.75, 3.05) is 19.7 Å². The van der Waals surface area contributed by atoms with Crippen LogP contribution in [0.1, 0.15) is 37.4 Å². The van der Waals surface area contributed by atoms with Gasteiger partial charge < -0.3 is 15.4 Å². The number of rotatable bonds is 8. The number of nitrogens with one attached hydrogen (secondary N) is 2. The van der Waals surface area contributed by atoms with Crippen LogP contribution in [0.4, 0.5) is 0 Å². The van der Waals surface area contributed by atoms with Gasteiger partial charge in [0.05, 0.1) is 25.0 Å². The average molecular weight is 475 g/mol. The third kappa shape index (κ3) is 8.00.